The van der Waals surface area contributed by atoms with Crippen LogP contribution >= 0.6 is 15.9 Å². The predicted molar refractivity (Wildman–Crippen MR) is 107 cm³/mol. The van der Waals surface area contributed by atoms with Crippen LogP contribution in [0.1, 0.15) is 37.0 Å². The van der Waals surface area contributed by atoms with E-state index < -0.39 is 10.0 Å². The fraction of sp³-hybridized carbons (Fsp3) is 0.611. The third-order valence-corrected chi connectivity index (χ3v) is 7.54. The molecule has 0 bridgehead atoms. The summed E-state index contributed by atoms with van der Waals surface area (Å²) >= 11 is 3.37. The van der Waals surface area contributed by atoms with Gasteiger partial charge in [-0.25, -0.2) is 8.42 Å². The summed E-state index contributed by atoms with van der Waals surface area (Å²) in [6, 6.07) is 4.62. The van der Waals surface area contributed by atoms with Crippen LogP contribution in [0.4, 0.5) is 0 Å². The smallest absolute Gasteiger partial charge is 0.252 e. The van der Waals surface area contributed by atoms with Gasteiger partial charge in [-0.05, 0) is 66.5 Å². The van der Waals surface area contributed by atoms with Crippen molar-refractivity contribution in [2.24, 2.45) is 5.92 Å². The van der Waals surface area contributed by atoms with Crippen LogP contribution in [-0.2, 0) is 10.0 Å². The normalized spacial score (nSPS) is 18.9. The van der Waals surface area contributed by atoms with Crippen molar-refractivity contribution in [3.8, 4) is 0 Å². The first-order chi connectivity index (χ1) is 12.3. The molecule has 146 valence electrons. The number of piperidine rings is 1. The number of sulfonamides is 1. The molecule has 8 heteroatoms. The second-order valence-electron chi connectivity index (χ2n) is 6.71. The van der Waals surface area contributed by atoms with Gasteiger partial charge in [0.2, 0.25) is 10.0 Å². The zero-order chi connectivity index (χ0) is 19.3. The first-order valence-electron chi connectivity index (χ1n) is 9.06. The van der Waals surface area contributed by atoms with Gasteiger partial charge in [0.15, 0.2) is 0 Å². The van der Waals surface area contributed by atoms with Crippen LogP contribution in [0.2, 0.25) is 0 Å². The van der Waals surface area contributed by atoms with Gasteiger partial charge in [-0.2, -0.15) is 4.31 Å². The van der Waals surface area contributed by atoms with E-state index in [1.165, 1.54) is 16.4 Å². The average molecular weight is 446 g/mol. The molecule has 0 radical (unpaired) electrons. The first kappa shape index (κ1) is 21.3. The molecule has 0 saturated carbocycles. The molecule has 1 aliphatic rings. The second-order valence-corrected chi connectivity index (χ2v) is 9.50. The Kier molecular flexibility index (Phi) is 7.63. The van der Waals surface area contributed by atoms with Crippen molar-refractivity contribution >= 4 is 31.9 Å². The van der Waals surface area contributed by atoms with Crippen LogP contribution in [0.3, 0.4) is 0 Å². The van der Waals surface area contributed by atoms with Gasteiger partial charge in [-0.3, -0.25) is 4.79 Å². The van der Waals surface area contributed by atoms with Crippen LogP contribution in [0.15, 0.2) is 27.6 Å². The molecule has 1 unspecified atom stereocenters. The van der Waals surface area contributed by atoms with Crippen molar-refractivity contribution in [3.05, 3.63) is 28.2 Å². The fourth-order valence-corrected chi connectivity index (χ4v) is 5.23. The Hall–Kier alpha value is -0.960. The molecule has 6 nitrogen and oxygen atoms in total. The molecule has 0 aliphatic carbocycles. The van der Waals surface area contributed by atoms with E-state index in [0.29, 0.717) is 35.6 Å². The average Bonchev–Trinajstić information content (AvgIpc) is 2.60. The highest BCUT2D eigenvalue weighted by Gasteiger charge is 2.24. The van der Waals surface area contributed by atoms with E-state index >= 15 is 0 Å². The van der Waals surface area contributed by atoms with Gasteiger partial charge in [-0.1, -0.05) is 13.8 Å². The van der Waals surface area contributed by atoms with Gasteiger partial charge in [0, 0.05) is 30.7 Å². The van der Waals surface area contributed by atoms with Crippen molar-refractivity contribution in [1.29, 1.82) is 0 Å². The summed E-state index contributed by atoms with van der Waals surface area (Å²) in [5.41, 5.74) is 0.349. The minimum Gasteiger partial charge on any atom is -0.352 e. The monoisotopic (exact) mass is 445 g/mol. The largest absolute Gasteiger partial charge is 0.352 e. The van der Waals surface area contributed by atoms with E-state index in [4.69, 9.17) is 0 Å². The van der Waals surface area contributed by atoms with Crippen LogP contribution in [0, 0.1) is 5.92 Å². The lowest BCUT2D eigenvalue weighted by atomic mass is 9.98. The number of carbonyl (C=O) groups is 1. The summed E-state index contributed by atoms with van der Waals surface area (Å²) in [4.78, 5) is 15.0. The summed E-state index contributed by atoms with van der Waals surface area (Å²) in [5.74, 6) is 0.181. The van der Waals surface area contributed by atoms with E-state index in [2.05, 4.69) is 33.2 Å². The Morgan fingerprint density at radius 1 is 1.35 bits per heavy atom. The van der Waals surface area contributed by atoms with Crippen LogP contribution in [-0.4, -0.2) is 63.3 Å². The highest BCUT2D eigenvalue weighted by atomic mass is 79.9. The highest BCUT2D eigenvalue weighted by molar-refractivity contribution is 9.10. The maximum atomic E-state index is 12.7. The van der Waals surface area contributed by atoms with E-state index in [9.17, 15) is 13.2 Å². The lowest BCUT2D eigenvalue weighted by Gasteiger charge is -2.29. The van der Waals surface area contributed by atoms with Crippen molar-refractivity contribution in [2.45, 2.75) is 31.6 Å². The summed E-state index contributed by atoms with van der Waals surface area (Å²) in [7, 11) is -1.50. The molecule has 0 spiro atoms. The molecule has 2 rings (SSSR count). The zero-order valence-electron chi connectivity index (χ0n) is 15.7. The zero-order valence-corrected chi connectivity index (χ0v) is 18.1. The molecule has 1 aromatic rings. The molecular formula is C18H28BrN3O3S. The molecule has 1 aliphatic heterocycles. The van der Waals surface area contributed by atoms with Crippen molar-refractivity contribution < 1.29 is 13.2 Å². The topological polar surface area (TPSA) is 69.7 Å². The minimum absolute atomic E-state index is 0.145. The van der Waals surface area contributed by atoms with Crippen molar-refractivity contribution in [3.63, 3.8) is 0 Å². The summed E-state index contributed by atoms with van der Waals surface area (Å²) in [5, 5.41) is 2.96. The number of rotatable bonds is 7. The number of carbonyl (C=O) groups excluding carboxylic acids is 1. The van der Waals surface area contributed by atoms with Gasteiger partial charge < -0.3 is 10.2 Å². The van der Waals surface area contributed by atoms with Gasteiger partial charge in [0.05, 0.1) is 10.5 Å². The number of benzene rings is 1. The maximum Gasteiger partial charge on any atom is 0.252 e. The molecule has 0 aromatic heterocycles. The predicted octanol–water partition coefficient (Wildman–Crippen LogP) is 2.55. The Balaban J connectivity index is 2.14. The van der Waals surface area contributed by atoms with Crippen LogP contribution in [0.5, 0.6) is 0 Å². The Labute approximate surface area is 165 Å². The standard InChI is InChI=1S/C18H28BrN3O3S/c1-4-22(5-2)26(24,25)15-8-9-17(19)16(11-15)18(23)20-12-14-7-6-10-21(3)13-14/h8-9,11,14H,4-7,10,12-13H2,1-3H3,(H,20,23). The third-order valence-electron chi connectivity index (χ3n) is 4.80. The molecule has 26 heavy (non-hydrogen) atoms. The summed E-state index contributed by atoms with van der Waals surface area (Å²) < 4.78 is 27.4. The lowest BCUT2D eigenvalue weighted by Crippen LogP contribution is -2.39. The van der Waals surface area contributed by atoms with Crippen molar-refractivity contribution in [2.75, 3.05) is 39.8 Å². The molecular weight excluding hydrogens is 418 g/mol. The molecule has 1 saturated heterocycles. The van der Waals surface area contributed by atoms with E-state index in [0.717, 1.165) is 25.9 Å². The Bertz CT molecular complexity index is 735. The molecule has 1 fully saturated rings. The molecule has 1 atom stereocenters. The number of halogens is 1. The number of hydrogen-bond donors (Lipinski definition) is 1. The number of hydrogen-bond acceptors (Lipinski definition) is 4. The summed E-state index contributed by atoms with van der Waals surface area (Å²) in [6.07, 6.45) is 2.24. The second kappa shape index (κ2) is 9.30. The van der Waals surface area contributed by atoms with E-state index in [-0.39, 0.29) is 10.8 Å². The van der Waals surface area contributed by atoms with Crippen molar-refractivity contribution in [1.82, 2.24) is 14.5 Å². The van der Waals surface area contributed by atoms with E-state index in [1.807, 2.05) is 0 Å². The summed E-state index contributed by atoms with van der Waals surface area (Å²) in [6.45, 7) is 7.06. The molecule has 1 amide bonds. The van der Waals surface area contributed by atoms with Gasteiger partial charge >= 0.3 is 0 Å². The van der Waals surface area contributed by atoms with Gasteiger partial charge in [0.25, 0.3) is 5.91 Å². The van der Waals surface area contributed by atoms with Crippen LogP contribution < -0.4 is 5.32 Å². The quantitative estimate of drug-likeness (QED) is 0.699. The Morgan fingerprint density at radius 3 is 2.65 bits per heavy atom. The van der Waals surface area contributed by atoms with Crippen LogP contribution in [0.25, 0.3) is 0 Å². The lowest BCUT2D eigenvalue weighted by molar-refractivity contribution is 0.0936. The van der Waals surface area contributed by atoms with Gasteiger partial charge in [0.1, 0.15) is 0 Å². The first-order valence-corrected chi connectivity index (χ1v) is 11.3. The van der Waals surface area contributed by atoms with E-state index in [1.54, 1.807) is 19.9 Å². The molecule has 1 aromatic carbocycles. The number of nitrogens with zero attached hydrogens (tertiary/aromatic N) is 2. The highest BCUT2D eigenvalue weighted by Crippen LogP contribution is 2.23. The number of likely N-dealkylation sites (tertiary alicyclic amines) is 1. The maximum absolute atomic E-state index is 12.7. The SMILES string of the molecule is CCN(CC)S(=O)(=O)c1ccc(Br)c(C(=O)NCC2CCCN(C)C2)c1. The molecule has 1 N–H and O–H groups in total. The number of amides is 1. The van der Waals surface area contributed by atoms with Gasteiger partial charge in [-0.15, -0.1) is 0 Å². The molecule has 1 heterocycles. The Morgan fingerprint density at radius 2 is 2.04 bits per heavy atom. The number of nitrogens with one attached hydrogen (secondary N) is 1. The third kappa shape index (κ3) is 5.06. The fourth-order valence-electron chi connectivity index (χ4n) is 3.32. The minimum atomic E-state index is -3.59.